The molecule has 0 amide bonds. The van der Waals surface area contributed by atoms with E-state index in [0.717, 1.165) is 36.7 Å². The molecule has 1 unspecified atom stereocenters. The van der Waals surface area contributed by atoms with Crippen molar-refractivity contribution >= 4 is 10.8 Å². The third-order valence-electron chi connectivity index (χ3n) is 2.01. The van der Waals surface area contributed by atoms with Gasteiger partial charge in [-0.15, -0.1) is 0 Å². The molecule has 2 N–H and O–H groups in total. The van der Waals surface area contributed by atoms with Crippen LogP contribution in [0.3, 0.4) is 0 Å². The highest BCUT2D eigenvalue weighted by atomic mass is 32.2. The van der Waals surface area contributed by atoms with E-state index in [1.165, 1.54) is 0 Å². The summed E-state index contributed by atoms with van der Waals surface area (Å²) >= 11 is 0. The van der Waals surface area contributed by atoms with Gasteiger partial charge in [0, 0.05) is 35.0 Å². The van der Waals surface area contributed by atoms with Crippen molar-refractivity contribution < 1.29 is 4.21 Å². The molecule has 0 saturated carbocycles. The average Bonchev–Trinajstić information content (AvgIpc) is 2.51. The average molecular weight is 215 g/mol. The summed E-state index contributed by atoms with van der Waals surface area (Å²) in [5, 5.41) is 3.27. The predicted octanol–water partition coefficient (Wildman–Crippen LogP) is 0.576. The number of aromatic amines is 1. The number of nitrogens with one attached hydrogen (secondary N) is 2. The fraction of sp³-hybridized carbons (Fsp3) is 0.667. The zero-order valence-corrected chi connectivity index (χ0v) is 9.49. The van der Waals surface area contributed by atoms with Gasteiger partial charge in [-0.25, -0.2) is 4.98 Å². The van der Waals surface area contributed by atoms with Crippen molar-refractivity contribution in [3.63, 3.8) is 0 Å². The molecule has 0 fully saturated rings. The molecule has 1 aromatic rings. The first kappa shape index (κ1) is 11.4. The number of aromatic nitrogens is 2. The zero-order valence-electron chi connectivity index (χ0n) is 8.67. The minimum Gasteiger partial charge on any atom is -0.348 e. The molecule has 14 heavy (non-hydrogen) atoms. The number of hydrogen-bond acceptors (Lipinski definition) is 3. The fourth-order valence-electron chi connectivity index (χ4n) is 1.17. The highest BCUT2D eigenvalue weighted by Crippen LogP contribution is 1.98. The van der Waals surface area contributed by atoms with Gasteiger partial charge in [-0.05, 0) is 19.9 Å². The van der Waals surface area contributed by atoms with Gasteiger partial charge >= 0.3 is 0 Å². The molecule has 0 aliphatic rings. The summed E-state index contributed by atoms with van der Waals surface area (Å²) in [6, 6.07) is 0. The smallest absolute Gasteiger partial charge is 0.0925 e. The minimum atomic E-state index is -0.672. The maximum Gasteiger partial charge on any atom is 0.0925 e. The lowest BCUT2D eigenvalue weighted by Gasteiger charge is -2.02. The van der Waals surface area contributed by atoms with Crippen molar-refractivity contribution in [1.29, 1.82) is 0 Å². The third-order valence-corrected chi connectivity index (χ3v) is 2.88. The van der Waals surface area contributed by atoms with Crippen LogP contribution < -0.4 is 5.32 Å². The number of nitrogens with zero attached hydrogens (tertiary/aromatic N) is 1. The molecule has 1 heterocycles. The first-order chi connectivity index (χ1) is 6.70. The van der Waals surface area contributed by atoms with Crippen LogP contribution in [0.5, 0.6) is 0 Å². The Morgan fingerprint density at radius 1 is 1.64 bits per heavy atom. The van der Waals surface area contributed by atoms with Crippen LogP contribution in [-0.2, 0) is 17.3 Å². The molecule has 0 saturated heterocycles. The molecule has 0 aromatic carbocycles. The van der Waals surface area contributed by atoms with E-state index in [-0.39, 0.29) is 0 Å². The Hall–Kier alpha value is -0.680. The molecular formula is C9H17N3OS. The van der Waals surface area contributed by atoms with Gasteiger partial charge in [0.1, 0.15) is 0 Å². The summed E-state index contributed by atoms with van der Waals surface area (Å²) in [6.45, 7) is 3.68. The van der Waals surface area contributed by atoms with E-state index in [4.69, 9.17) is 0 Å². The highest BCUT2D eigenvalue weighted by Gasteiger charge is 1.99. The van der Waals surface area contributed by atoms with Crippen LogP contribution in [0.4, 0.5) is 0 Å². The van der Waals surface area contributed by atoms with E-state index < -0.39 is 10.8 Å². The molecule has 1 atom stereocenters. The standard InChI is InChI=1S/C9H17N3OS/c1-8-9(12-7-11-8)6-10-4-3-5-14(2)13/h7,10H,3-6H2,1-2H3,(H,11,12). The van der Waals surface area contributed by atoms with Crippen LogP contribution in [0.2, 0.25) is 0 Å². The molecule has 4 nitrogen and oxygen atoms in total. The Balaban J connectivity index is 2.10. The second-order valence-electron chi connectivity index (χ2n) is 3.28. The Kier molecular flexibility index (Phi) is 4.82. The molecule has 0 aliphatic heterocycles. The molecule has 80 valence electrons. The van der Waals surface area contributed by atoms with E-state index >= 15 is 0 Å². The molecular weight excluding hydrogens is 198 g/mol. The summed E-state index contributed by atoms with van der Waals surface area (Å²) in [4.78, 5) is 7.20. The van der Waals surface area contributed by atoms with E-state index in [0.29, 0.717) is 0 Å². The Bertz CT molecular complexity index is 298. The van der Waals surface area contributed by atoms with Gasteiger partial charge in [0.05, 0.1) is 12.0 Å². The quantitative estimate of drug-likeness (QED) is 0.682. The molecule has 5 heteroatoms. The lowest BCUT2D eigenvalue weighted by atomic mass is 10.3. The van der Waals surface area contributed by atoms with Crippen LogP contribution in [-0.4, -0.2) is 32.7 Å². The van der Waals surface area contributed by atoms with Crippen molar-refractivity contribution in [3.8, 4) is 0 Å². The first-order valence-corrected chi connectivity index (χ1v) is 6.42. The van der Waals surface area contributed by atoms with Gasteiger partial charge in [-0.1, -0.05) is 0 Å². The van der Waals surface area contributed by atoms with E-state index in [9.17, 15) is 4.21 Å². The van der Waals surface area contributed by atoms with Crippen molar-refractivity contribution in [2.45, 2.75) is 19.9 Å². The van der Waals surface area contributed by atoms with Gasteiger partial charge < -0.3 is 10.3 Å². The molecule has 0 aliphatic carbocycles. The van der Waals surface area contributed by atoms with Gasteiger partial charge in [0.2, 0.25) is 0 Å². The van der Waals surface area contributed by atoms with Crippen molar-refractivity contribution in [2.75, 3.05) is 18.6 Å². The highest BCUT2D eigenvalue weighted by molar-refractivity contribution is 7.84. The summed E-state index contributed by atoms with van der Waals surface area (Å²) < 4.78 is 10.8. The Morgan fingerprint density at radius 2 is 2.43 bits per heavy atom. The van der Waals surface area contributed by atoms with Gasteiger partial charge in [0.15, 0.2) is 0 Å². The molecule has 0 spiro atoms. The molecule has 1 aromatic heterocycles. The normalized spacial score (nSPS) is 13.0. The SMILES string of the molecule is Cc1[nH]cnc1CNCCCS(C)=O. The summed E-state index contributed by atoms with van der Waals surface area (Å²) in [7, 11) is -0.672. The van der Waals surface area contributed by atoms with Crippen LogP contribution >= 0.6 is 0 Å². The Morgan fingerprint density at radius 3 is 3.00 bits per heavy atom. The Labute approximate surface area is 87.0 Å². The second-order valence-corrected chi connectivity index (χ2v) is 4.84. The number of imidazole rings is 1. The van der Waals surface area contributed by atoms with Crippen LogP contribution in [0.15, 0.2) is 6.33 Å². The van der Waals surface area contributed by atoms with E-state index in [1.54, 1.807) is 12.6 Å². The number of hydrogen-bond donors (Lipinski definition) is 2. The number of rotatable bonds is 6. The van der Waals surface area contributed by atoms with Crippen LogP contribution in [0.1, 0.15) is 17.8 Å². The van der Waals surface area contributed by atoms with Crippen molar-refractivity contribution in [3.05, 3.63) is 17.7 Å². The molecule has 0 bridgehead atoms. The fourth-order valence-corrected chi connectivity index (χ4v) is 1.72. The minimum absolute atomic E-state index is 0.672. The summed E-state index contributed by atoms with van der Waals surface area (Å²) in [5.74, 6) is 0.770. The van der Waals surface area contributed by atoms with Gasteiger partial charge in [0.25, 0.3) is 0 Å². The van der Waals surface area contributed by atoms with Crippen LogP contribution in [0, 0.1) is 6.92 Å². The van der Waals surface area contributed by atoms with Gasteiger partial charge in [-0.2, -0.15) is 0 Å². The zero-order chi connectivity index (χ0) is 10.4. The van der Waals surface area contributed by atoms with Crippen molar-refractivity contribution in [2.24, 2.45) is 0 Å². The van der Waals surface area contributed by atoms with Crippen LogP contribution in [0.25, 0.3) is 0 Å². The third kappa shape index (κ3) is 4.02. The summed E-state index contributed by atoms with van der Waals surface area (Å²) in [5.41, 5.74) is 2.17. The maximum atomic E-state index is 10.8. The van der Waals surface area contributed by atoms with E-state index in [1.807, 2.05) is 6.92 Å². The summed E-state index contributed by atoms with van der Waals surface area (Å²) in [6.07, 6.45) is 4.39. The number of H-pyrrole nitrogens is 1. The predicted molar refractivity (Wildman–Crippen MR) is 58.6 cm³/mol. The largest absolute Gasteiger partial charge is 0.348 e. The number of aryl methyl sites for hydroxylation is 1. The molecule has 1 rings (SSSR count). The first-order valence-electron chi connectivity index (χ1n) is 4.69. The topological polar surface area (TPSA) is 57.8 Å². The van der Waals surface area contributed by atoms with E-state index in [2.05, 4.69) is 15.3 Å². The monoisotopic (exact) mass is 215 g/mol. The maximum absolute atomic E-state index is 10.8. The molecule has 0 radical (unpaired) electrons. The van der Waals surface area contributed by atoms with Crippen molar-refractivity contribution in [1.82, 2.24) is 15.3 Å². The van der Waals surface area contributed by atoms with Gasteiger partial charge in [-0.3, -0.25) is 4.21 Å². The lowest BCUT2D eigenvalue weighted by molar-refractivity contribution is 0.655. The lowest BCUT2D eigenvalue weighted by Crippen LogP contribution is -2.17. The second kappa shape index (κ2) is 5.93.